The number of fused-ring (bicyclic) bond motifs is 4. The number of anilines is 4. The fourth-order valence-electron chi connectivity index (χ4n) is 9.61. The van der Waals surface area contributed by atoms with E-state index in [-0.39, 0.29) is 60.5 Å². The molecular formula is C67H61N4OPt-3. The average molecular weight is 1140 g/mol. The van der Waals surface area contributed by atoms with E-state index in [9.17, 15) is 0 Å². The number of aryl methyl sites for hydroxylation is 1. The van der Waals surface area contributed by atoms with E-state index in [2.05, 4.69) is 123 Å². The van der Waals surface area contributed by atoms with Gasteiger partial charge < -0.3 is 19.1 Å². The Morgan fingerprint density at radius 2 is 1.21 bits per heavy atom. The Morgan fingerprint density at radius 3 is 1.92 bits per heavy atom. The first kappa shape index (κ1) is 40.3. The molecule has 1 aliphatic heterocycles. The number of nitrogens with zero attached hydrogens (tertiary/aromatic N) is 4. The normalized spacial score (nSPS) is 14.6. The molecule has 0 amide bonds. The summed E-state index contributed by atoms with van der Waals surface area (Å²) in [6.07, 6.45) is 1.53. The maximum atomic E-state index is 9.15. The van der Waals surface area contributed by atoms with Crippen LogP contribution in [-0.2, 0) is 37.3 Å². The second kappa shape index (κ2) is 19.0. The minimum absolute atomic E-state index is 0. The summed E-state index contributed by atoms with van der Waals surface area (Å²) in [6, 6.07) is 53.1. The van der Waals surface area contributed by atoms with Gasteiger partial charge in [0.2, 0.25) is 0 Å². The third-order valence-corrected chi connectivity index (χ3v) is 13.6. The molecule has 10 aromatic rings. The summed E-state index contributed by atoms with van der Waals surface area (Å²) in [5.41, 5.74) is 12.3. The van der Waals surface area contributed by atoms with Crippen molar-refractivity contribution in [1.82, 2.24) is 9.55 Å². The fraction of sp³-hybridized carbons (Fsp3) is 0.194. The molecular weight excluding hydrogens is 1070 g/mol. The Balaban J connectivity index is 0.00000736. The summed E-state index contributed by atoms with van der Waals surface area (Å²) in [5.74, 6) is 1.24. The summed E-state index contributed by atoms with van der Waals surface area (Å²) in [7, 11) is 0. The van der Waals surface area contributed by atoms with Crippen LogP contribution in [0.1, 0.15) is 95.5 Å². The molecule has 368 valence electrons. The van der Waals surface area contributed by atoms with Crippen molar-refractivity contribution in [3.63, 3.8) is 0 Å². The number of hydrogen-bond donors (Lipinski definition) is 0. The van der Waals surface area contributed by atoms with Crippen LogP contribution >= 0.6 is 0 Å². The van der Waals surface area contributed by atoms with Crippen molar-refractivity contribution in [3.8, 4) is 50.7 Å². The van der Waals surface area contributed by atoms with E-state index in [0.29, 0.717) is 39.8 Å². The van der Waals surface area contributed by atoms with Gasteiger partial charge in [0.15, 0.2) is 0 Å². The second-order valence-electron chi connectivity index (χ2n) is 21.7. The van der Waals surface area contributed by atoms with Gasteiger partial charge in [-0.1, -0.05) is 183 Å². The van der Waals surface area contributed by atoms with Gasteiger partial charge in [0, 0.05) is 76.6 Å². The zero-order valence-corrected chi connectivity index (χ0v) is 44.8. The van der Waals surface area contributed by atoms with Crippen molar-refractivity contribution in [2.24, 2.45) is 0 Å². The second-order valence-corrected chi connectivity index (χ2v) is 21.7. The summed E-state index contributed by atoms with van der Waals surface area (Å²) >= 11 is 0. The van der Waals surface area contributed by atoms with Gasteiger partial charge in [-0.3, -0.25) is 0 Å². The quantitative estimate of drug-likeness (QED) is 0.142. The third-order valence-electron chi connectivity index (χ3n) is 13.6. The Morgan fingerprint density at radius 1 is 0.548 bits per heavy atom. The van der Waals surface area contributed by atoms with Crippen LogP contribution in [0.5, 0.6) is 11.5 Å². The molecule has 8 aromatic carbocycles. The van der Waals surface area contributed by atoms with E-state index < -0.39 is 25.0 Å². The van der Waals surface area contributed by atoms with Crippen molar-refractivity contribution >= 4 is 44.6 Å². The average Bonchev–Trinajstić information content (AvgIpc) is 4.21. The van der Waals surface area contributed by atoms with Crippen LogP contribution < -0.4 is 14.5 Å². The Bertz CT molecular complexity index is 4050. The van der Waals surface area contributed by atoms with Crippen LogP contribution in [0.2, 0.25) is 0 Å². The molecule has 1 aliphatic rings. The molecule has 11 rings (SSSR count). The summed E-state index contributed by atoms with van der Waals surface area (Å²) in [5, 5.41) is 1.83. The molecule has 5 nitrogen and oxygen atoms in total. The molecule has 3 heterocycles. The van der Waals surface area contributed by atoms with E-state index >= 15 is 0 Å². The van der Waals surface area contributed by atoms with E-state index in [1.54, 1.807) is 6.07 Å². The number of pyridine rings is 1. The van der Waals surface area contributed by atoms with Crippen molar-refractivity contribution in [2.45, 2.75) is 85.4 Å². The predicted molar refractivity (Wildman–Crippen MR) is 301 cm³/mol. The minimum atomic E-state index is -2.36. The number of para-hydroxylation sites is 3. The summed E-state index contributed by atoms with van der Waals surface area (Å²) < 4.78 is 77.6. The molecule has 0 saturated carbocycles. The summed E-state index contributed by atoms with van der Waals surface area (Å²) in [4.78, 5) is 8.77. The molecule has 0 N–H and O–H groups in total. The minimum Gasteiger partial charge on any atom is -0.509 e. The SMILES string of the molecule is [2H]c1c([2H])c([2H])c(-c2cccc(-c3cccc(C(C)(C)C)c3)c2N2[CH-]N(c3[c-]c(Oc4[c-]c5c(cc4)c4cc(-c6cc(C(C)(C)C)cc(C(C)(C)C)c6)ccc4n5-c4cc(C([2H])([2H])[2H])ccn4)ccc3)c3ccccc32)c([2H])c1[2H].[Pt]. The number of hydrogen-bond acceptors (Lipinski definition) is 4. The molecule has 0 atom stereocenters. The molecule has 0 saturated heterocycles. The van der Waals surface area contributed by atoms with Crippen LogP contribution in [0.3, 0.4) is 0 Å². The first-order chi connectivity index (χ1) is 37.8. The predicted octanol–water partition coefficient (Wildman–Crippen LogP) is 18.2. The monoisotopic (exact) mass is 1140 g/mol. The third kappa shape index (κ3) is 9.52. The summed E-state index contributed by atoms with van der Waals surface area (Å²) in [6.45, 7) is 19.5. The van der Waals surface area contributed by atoms with Crippen molar-refractivity contribution in [1.29, 1.82) is 0 Å². The van der Waals surface area contributed by atoms with E-state index in [0.717, 1.165) is 55.5 Å². The Kier molecular flexibility index (Phi) is 10.5. The van der Waals surface area contributed by atoms with Gasteiger partial charge in [0.1, 0.15) is 5.82 Å². The van der Waals surface area contributed by atoms with Gasteiger partial charge in [-0.15, -0.1) is 48.1 Å². The fourth-order valence-corrected chi connectivity index (χ4v) is 9.61. The van der Waals surface area contributed by atoms with Crippen LogP contribution in [-0.4, -0.2) is 9.55 Å². The number of rotatable bonds is 8. The molecule has 6 heteroatoms. The van der Waals surface area contributed by atoms with Crippen molar-refractivity contribution in [2.75, 3.05) is 9.80 Å². The molecule has 0 bridgehead atoms. The molecule has 2 aromatic heterocycles. The molecule has 0 fully saturated rings. The van der Waals surface area contributed by atoms with Gasteiger partial charge in [0.25, 0.3) is 0 Å². The van der Waals surface area contributed by atoms with Gasteiger partial charge >= 0.3 is 0 Å². The zero-order chi connectivity index (χ0) is 57.0. The van der Waals surface area contributed by atoms with E-state index in [1.807, 2.05) is 106 Å². The number of ether oxygens (including phenoxy) is 1. The molecule has 73 heavy (non-hydrogen) atoms. The van der Waals surface area contributed by atoms with Crippen LogP contribution in [0.4, 0.5) is 22.7 Å². The smallest absolute Gasteiger partial charge is 0.135 e. The number of benzene rings is 8. The van der Waals surface area contributed by atoms with Gasteiger partial charge in [-0.2, -0.15) is 12.1 Å². The first-order valence-corrected chi connectivity index (χ1v) is 24.4. The zero-order valence-electron chi connectivity index (χ0n) is 50.5. The van der Waals surface area contributed by atoms with Crippen LogP contribution in [0.15, 0.2) is 182 Å². The maximum Gasteiger partial charge on any atom is 0.135 e. The number of aromatic nitrogens is 2. The van der Waals surface area contributed by atoms with Crippen molar-refractivity contribution < 1.29 is 36.8 Å². The van der Waals surface area contributed by atoms with E-state index in [4.69, 9.17) is 20.7 Å². The topological polar surface area (TPSA) is 33.5 Å². The van der Waals surface area contributed by atoms with Crippen molar-refractivity contribution in [3.05, 3.63) is 223 Å². The van der Waals surface area contributed by atoms with Gasteiger partial charge in [-0.05, 0) is 103 Å². The van der Waals surface area contributed by atoms with E-state index in [1.165, 1.54) is 23.4 Å². The van der Waals surface area contributed by atoms with Crippen LogP contribution in [0.25, 0.3) is 61.0 Å². The first-order valence-electron chi connectivity index (χ1n) is 28.4. The Hall–Kier alpha value is -7.20. The van der Waals surface area contributed by atoms with Gasteiger partial charge in [0.05, 0.1) is 6.85 Å². The standard InChI is InChI=1S/C67H61N4O.Pt/c1-44-33-34-68-63(35-44)71-59-32-29-46(48-37-50(66(5,6)7)40-51(38-48)67(8,9)10)39-58(59)57-31-30-54(42-62(57)71)72-53-24-17-23-52(41-53)69-43-70(61-28-15-14-27-60(61)69)64-55(45-19-12-11-13-20-45)25-18-26-56(64)47-21-16-22-49(36-47)65(2,3)4;/h11-40,43H,1-10H3;/q-3;/i1D3,11D,12D,13D,19D,20D;. The van der Waals surface area contributed by atoms with Crippen LogP contribution in [0, 0.1) is 25.7 Å². The molecule has 0 aliphatic carbocycles. The molecule has 0 unspecified atom stereocenters. The molecule has 0 spiro atoms. The van der Waals surface area contributed by atoms with Gasteiger partial charge in [-0.25, -0.2) is 4.98 Å². The largest absolute Gasteiger partial charge is 0.509 e. The Labute approximate surface area is 457 Å². The maximum absolute atomic E-state index is 9.15. The molecule has 0 radical (unpaired) electrons.